The predicted octanol–water partition coefficient (Wildman–Crippen LogP) is 5.51. The number of allylic oxidation sites excluding steroid dienone is 1. The second-order valence-corrected chi connectivity index (χ2v) is 7.86. The number of thioether (sulfide) groups is 1. The number of nitrogens with zero attached hydrogens (tertiary/aromatic N) is 1. The van der Waals surface area contributed by atoms with Crippen LogP contribution in [0.1, 0.15) is 18.5 Å². The average molecular weight is 456 g/mol. The first kappa shape index (κ1) is 22.0. The fraction of sp³-hybridized carbons (Fsp3) is 0.200. The summed E-state index contributed by atoms with van der Waals surface area (Å²) >= 11 is 5.76. The standard InChI is InChI=1S/C20H17ClF3N3O2S/c1-11-16(18(28)29-2)17(12-6-8-13(21)9-7-12)27-19(25-11)26-14-4-3-5-15(10-14)30-20(22,23)24/h3-10,17H,1-2H3,(H2,25,26,27). The Balaban J connectivity index is 1.92. The lowest BCUT2D eigenvalue weighted by molar-refractivity contribution is -0.136. The Morgan fingerprint density at radius 2 is 1.93 bits per heavy atom. The molecule has 3 rings (SSSR count). The summed E-state index contributed by atoms with van der Waals surface area (Å²) < 4.78 is 42.8. The molecule has 1 heterocycles. The third-order valence-corrected chi connectivity index (χ3v) is 5.14. The topological polar surface area (TPSA) is 62.7 Å². The van der Waals surface area contributed by atoms with Crippen LogP contribution in [0, 0.1) is 0 Å². The van der Waals surface area contributed by atoms with Crippen molar-refractivity contribution in [3.8, 4) is 0 Å². The Morgan fingerprint density at radius 1 is 1.23 bits per heavy atom. The lowest BCUT2D eigenvalue weighted by atomic mass is 9.96. The molecular weight excluding hydrogens is 439 g/mol. The van der Waals surface area contributed by atoms with E-state index in [0.29, 0.717) is 27.5 Å². The van der Waals surface area contributed by atoms with E-state index in [4.69, 9.17) is 16.3 Å². The van der Waals surface area contributed by atoms with Crippen molar-refractivity contribution in [3.05, 3.63) is 70.4 Å². The summed E-state index contributed by atoms with van der Waals surface area (Å²) in [4.78, 5) is 16.9. The predicted molar refractivity (Wildman–Crippen MR) is 111 cm³/mol. The van der Waals surface area contributed by atoms with Crippen LogP contribution in [0.15, 0.2) is 69.7 Å². The number of alkyl halides is 3. The number of esters is 1. The molecule has 0 fully saturated rings. The van der Waals surface area contributed by atoms with Gasteiger partial charge in [0, 0.05) is 21.3 Å². The minimum absolute atomic E-state index is 0.0423. The van der Waals surface area contributed by atoms with Crippen LogP contribution in [0.25, 0.3) is 0 Å². The van der Waals surface area contributed by atoms with Crippen molar-refractivity contribution < 1.29 is 22.7 Å². The van der Waals surface area contributed by atoms with Crippen LogP contribution in [-0.2, 0) is 9.53 Å². The highest BCUT2D eigenvalue weighted by atomic mass is 35.5. The smallest absolute Gasteiger partial charge is 0.446 e. The summed E-state index contributed by atoms with van der Waals surface area (Å²) in [5.74, 6) is -0.249. The monoisotopic (exact) mass is 455 g/mol. The van der Waals surface area contributed by atoms with E-state index < -0.39 is 17.5 Å². The fourth-order valence-corrected chi connectivity index (χ4v) is 3.63. The molecule has 0 spiro atoms. The minimum atomic E-state index is -4.38. The molecule has 2 aromatic carbocycles. The van der Waals surface area contributed by atoms with E-state index in [0.717, 1.165) is 0 Å². The number of hydrogen-bond acceptors (Lipinski definition) is 6. The van der Waals surface area contributed by atoms with Gasteiger partial charge in [0.25, 0.3) is 0 Å². The van der Waals surface area contributed by atoms with Gasteiger partial charge in [-0.05, 0) is 54.6 Å². The molecule has 0 aliphatic carbocycles. The summed E-state index contributed by atoms with van der Waals surface area (Å²) in [5, 5.41) is 6.48. The maximum Gasteiger partial charge on any atom is 0.446 e. The van der Waals surface area contributed by atoms with Crippen LogP contribution >= 0.6 is 23.4 Å². The Hall–Kier alpha value is -2.65. The van der Waals surface area contributed by atoms with Crippen molar-refractivity contribution in [2.75, 3.05) is 12.4 Å². The van der Waals surface area contributed by atoms with Crippen LogP contribution in [0.2, 0.25) is 5.02 Å². The maximum atomic E-state index is 12.6. The number of ether oxygens (including phenoxy) is 1. The quantitative estimate of drug-likeness (QED) is 0.470. The first-order chi connectivity index (χ1) is 14.2. The van der Waals surface area contributed by atoms with E-state index in [2.05, 4.69) is 15.6 Å². The van der Waals surface area contributed by atoms with Gasteiger partial charge in [-0.1, -0.05) is 29.8 Å². The van der Waals surface area contributed by atoms with Crippen molar-refractivity contribution in [2.24, 2.45) is 4.99 Å². The molecule has 1 unspecified atom stereocenters. The molecule has 158 valence electrons. The summed E-state index contributed by atoms with van der Waals surface area (Å²) in [6, 6.07) is 12.1. The van der Waals surface area contributed by atoms with E-state index in [9.17, 15) is 18.0 Å². The van der Waals surface area contributed by atoms with Gasteiger partial charge in [0.15, 0.2) is 0 Å². The van der Waals surface area contributed by atoms with Crippen molar-refractivity contribution >= 4 is 41.0 Å². The van der Waals surface area contributed by atoms with E-state index >= 15 is 0 Å². The Bertz CT molecular complexity index is 1010. The molecule has 1 aliphatic heterocycles. The number of anilines is 1. The number of nitrogens with one attached hydrogen (secondary N) is 2. The average Bonchev–Trinajstić information content (AvgIpc) is 2.66. The second-order valence-electron chi connectivity index (χ2n) is 6.29. The number of rotatable bonds is 4. The first-order valence-electron chi connectivity index (χ1n) is 8.68. The van der Waals surface area contributed by atoms with E-state index in [-0.39, 0.29) is 22.6 Å². The highest BCUT2D eigenvalue weighted by Gasteiger charge is 2.31. The SMILES string of the molecule is COC(=O)C1=C(C)NC(Nc2cccc(SC(F)(F)F)c2)=NC1c1ccc(Cl)cc1. The molecule has 0 amide bonds. The van der Waals surface area contributed by atoms with E-state index in [1.807, 2.05) is 0 Å². The number of methoxy groups -OCH3 is 1. The largest absolute Gasteiger partial charge is 0.466 e. The molecule has 2 N–H and O–H groups in total. The number of carbonyl (C=O) groups excluding carboxylic acids is 1. The molecule has 5 nitrogen and oxygen atoms in total. The Kier molecular flexibility index (Phi) is 6.62. The number of carbonyl (C=O) groups is 1. The van der Waals surface area contributed by atoms with Gasteiger partial charge in [-0.3, -0.25) is 0 Å². The molecule has 0 saturated carbocycles. The van der Waals surface area contributed by atoms with Crippen molar-refractivity contribution in [2.45, 2.75) is 23.4 Å². The normalized spacial score (nSPS) is 16.6. The Labute approximate surface area is 180 Å². The van der Waals surface area contributed by atoms with Crippen LogP contribution < -0.4 is 10.6 Å². The molecule has 0 saturated heterocycles. The summed E-state index contributed by atoms with van der Waals surface area (Å²) in [6.45, 7) is 1.70. The molecule has 0 radical (unpaired) electrons. The number of guanidine groups is 1. The van der Waals surface area contributed by atoms with Crippen LogP contribution in [0.4, 0.5) is 18.9 Å². The minimum Gasteiger partial charge on any atom is -0.466 e. The van der Waals surface area contributed by atoms with E-state index in [1.165, 1.54) is 25.3 Å². The van der Waals surface area contributed by atoms with Gasteiger partial charge in [-0.25, -0.2) is 9.79 Å². The number of benzene rings is 2. The molecular formula is C20H17ClF3N3O2S. The summed E-state index contributed by atoms with van der Waals surface area (Å²) in [7, 11) is 1.28. The summed E-state index contributed by atoms with van der Waals surface area (Å²) in [6.07, 6.45) is 0. The van der Waals surface area contributed by atoms with Gasteiger partial charge in [0.1, 0.15) is 6.04 Å². The highest BCUT2D eigenvalue weighted by Crippen LogP contribution is 2.38. The number of halogens is 4. The molecule has 30 heavy (non-hydrogen) atoms. The van der Waals surface area contributed by atoms with Crippen LogP contribution in [0.3, 0.4) is 0 Å². The highest BCUT2D eigenvalue weighted by molar-refractivity contribution is 8.00. The Morgan fingerprint density at radius 3 is 2.57 bits per heavy atom. The van der Waals surface area contributed by atoms with E-state index in [1.54, 1.807) is 37.3 Å². The summed E-state index contributed by atoms with van der Waals surface area (Å²) in [5.41, 5.74) is -2.42. The first-order valence-corrected chi connectivity index (χ1v) is 9.88. The van der Waals surface area contributed by atoms with Crippen molar-refractivity contribution in [1.29, 1.82) is 0 Å². The van der Waals surface area contributed by atoms with Gasteiger partial charge in [0.05, 0.1) is 12.7 Å². The number of aliphatic imine (C=N–C) groups is 1. The van der Waals surface area contributed by atoms with Crippen molar-refractivity contribution in [3.63, 3.8) is 0 Å². The third kappa shape index (κ3) is 5.48. The lowest BCUT2D eigenvalue weighted by Gasteiger charge is -2.26. The zero-order valence-corrected chi connectivity index (χ0v) is 17.5. The molecule has 1 aliphatic rings. The van der Waals surface area contributed by atoms with Gasteiger partial charge in [-0.2, -0.15) is 13.2 Å². The fourth-order valence-electron chi connectivity index (χ4n) is 2.91. The molecule has 0 aromatic heterocycles. The lowest BCUT2D eigenvalue weighted by Crippen LogP contribution is -2.36. The molecule has 0 bridgehead atoms. The molecule has 1 atom stereocenters. The zero-order valence-electron chi connectivity index (χ0n) is 15.9. The third-order valence-electron chi connectivity index (χ3n) is 4.16. The van der Waals surface area contributed by atoms with Crippen molar-refractivity contribution in [1.82, 2.24) is 5.32 Å². The van der Waals surface area contributed by atoms with Crippen LogP contribution in [0.5, 0.6) is 0 Å². The van der Waals surface area contributed by atoms with Gasteiger partial charge < -0.3 is 15.4 Å². The number of hydrogen-bond donors (Lipinski definition) is 2. The zero-order chi connectivity index (χ0) is 21.9. The maximum absolute atomic E-state index is 12.6. The van der Waals surface area contributed by atoms with Gasteiger partial charge in [0.2, 0.25) is 5.96 Å². The molecule has 10 heteroatoms. The van der Waals surface area contributed by atoms with Crippen LogP contribution in [-0.4, -0.2) is 24.5 Å². The van der Waals surface area contributed by atoms with Gasteiger partial charge in [-0.15, -0.1) is 0 Å². The van der Waals surface area contributed by atoms with Gasteiger partial charge >= 0.3 is 11.5 Å². The second kappa shape index (κ2) is 9.01. The molecule has 2 aromatic rings.